The summed E-state index contributed by atoms with van der Waals surface area (Å²) in [7, 11) is 0. The molecule has 1 atom stereocenters. The fourth-order valence-electron chi connectivity index (χ4n) is 1.67. The minimum atomic E-state index is 0.447. The van der Waals surface area contributed by atoms with E-state index in [2.05, 4.69) is 23.7 Å². The van der Waals surface area contributed by atoms with Crippen LogP contribution in [0.3, 0.4) is 0 Å². The first-order chi connectivity index (χ1) is 6.86. The van der Waals surface area contributed by atoms with Crippen LogP contribution in [0.5, 0.6) is 0 Å². The summed E-state index contributed by atoms with van der Waals surface area (Å²) in [4.78, 5) is 2.47. The predicted molar refractivity (Wildman–Crippen MR) is 59.5 cm³/mol. The van der Waals surface area contributed by atoms with Crippen molar-refractivity contribution in [1.29, 1.82) is 0 Å². The van der Waals surface area contributed by atoms with Crippen molar-refractivity contribution >= 4 is 0 Å². The van der Waals surface area contributed by atoms with Gasteiger partial charge in [-0.1, -0.05) is 13.0 Å². The molecule has 1 rings (SSSR count). The Morgan fingerprint density at radius 2 is 2.50 bits per heavy atom. The molecular formula is C11H22N2O. The molecule has 0 aliphatic carbocycles. The van der Waals surface area contributed by atoms with Crippen LogP contribution in [-0.2, 0) is 4.74 Å². The number of morpholine rings is 1. The number of nitrogens with one attached hydrogen (secondary N) is 1. The highest BCUT2D eigenvalue weighted by atomic mass is 16.5. The lowest BCUT2D eigenvalue weighted by Crippen LogP contribution is -2.44. The molecule has 82 valence electrons. The third-order valence-electron chi connectivity index (χ3n) is 2.57. The Morgan fingerprint density at radius 1 is 1.64 bits per heavy atom. The van der Waals surface area contributed by atoms with Crippen molar-refractivity contribution in [1.82, 2.24) is 10.2 Å². The average Bonchev–Trinajstić information content (AvgIpc) is 2.25. The van der Waals surface area contributed by atoms with Crippen molar-refractivity contribution in [2.24, 2.45) is 0 Å². The average molecular weight is 198 g/mol. The molecule has 1 unspecified atom stereocenters. The Hall–Kier alpha value is -0.380. The topological polar surface area (TPSA) is 24.5 Å². The number of ether oxygens (including phenoxy) is 1. The fourth-order valence-corrected chi connectivity index (χ4v) is 1.67. The number of hydrogen-bond acceptors (Lipinski definition) is 3. The van der Waals surface area contributed by atoms with Gasteiger partial charge in [0, 0.05) is 32.7 Å². The second kappa shape index (κ2) is 6.98. The van der Waals surface area contributed by atoms with Gasteiger partial charge in [-0.2, -0.15) is 0 Å². The molecule has 0 radical (unpaired) electrons. The van der Waals surface area contributed by atoms with Gasteiger partial charge in [0.15, 0.2) is 0 Å². The first kappa shape index (κ1) is 11.7. The second-order valence-electron chi connectivity index (χ2n) is 3.69. The summed E-state index contributed by atoms with van der Waals surface area (Å²) in [5.74, 6) is 0. The van der Waals surface area contributed by atoms with Gasteiger partial charge in [-0.25, -0.2) is 0 Å². The molecule has 0 saturated carbocycles. The molecular weight excluding hydrogens is 176 g/mol. The van der Waals surface area contributed by atoms with Crippen LogP contribution >= 0.6 is 0 Å². The first-order valence-corrected chi connectivity index (χ1v) is 5.52. The minimum absolute atomic E-state index is 0.447. The zero-order valence-electron chi connectivity index (χ0n) is 9.17. The zero-order valence-corrected chi connectivity index (χ0v) is 9.17. The third-order valence-corrected chi connectivity index (χ3v) is 2.57. The Morgan fingerprint density at radius 3 is 3.21 bits per heavy atom. The van der Waals surface area contributed by atoms with Crippen molar-refractivity contribution in [3.63, 3.8) is 0 Å². The molecule has 1 aliphatic rings. The first-order valence-electron chi connectivity index (χ1n) is 5.52. The van der Waals surface area contributed by atoms with E-state index in [0.717, 1.165) is 45.8 Å². The lowest BCUT2D eigenvalue weighted by Gasteiger charge is -2.32. The van der Waals surface area contributed by atoms with E-state index in [1.807, 2.05) is 6.08 Å². The Labute approximate surface area is 87.1 Å². The third kappa shape index (κ3) is 4.22. The molecule has 0 spiro atoms. The summed E-state index contributed by atoms with van der Waals surface area (Å²) in [5, 5.41) is 3.31. The standard InChI is InChI=1S/C11H22N2O/c1-3-5-12-6-7-13-8-9-14-11(4-2)10-13/h3,11-12H,1,4-10H2,2H3. The lowest BCUT2D eigenvalue weighted by atomic mass is 10.2. The fraction of sp³-hybridized carbons (Fsp3) is 0.818. The maximum absolute atomic E-state index is 5.61. The normalized spacial score (nSPS) is 23.6. The summed E-state index contributed by atoms with van der Waals surface area (Å²) in [6.07, 6.45) is 3.47. The number of hydrogen-bond donors (Lipinski definition) is 1. The molecule has 1 heterocycles. The quantitative estimate of drug-likeness (QED) is 0.506. The maximum atomic E-state index is 5.61. The smallest absolute Gasteiger partial charge is 0.0700 e. The number of nitrogens with zero attached hydrogens (tertiary/aromatic N) is 1. The molecule has 1 aliphatic heterocycles. The van der Waals surface area contributed by atoms with Crippen molar-refractivity contribution in [2.45, 2.75) is 19.4 Å². The SMILES string of the molecule is C=CCNCCN1CCOC(CC)C1. The Balaban J connectivity index is 2.08. The second-order valence-corrected chi connectivity index (χ2v) is 3.69. The van der Waals surface area contributed by atoms with E-state index < -0.39 is 0 Å². The van der Waals surface area contributed by atoms with Crippen LogP contribution < -0.4 is 5.32 Å². The van der Waals surface area contributed by atoms with Gasteiger partial charge in [-0.15, -0.1) is 6.58 Å². The van der Waals surface area contributed by atoms with Crippen LogP contribution in [0, 0.1) is 0 Å². The molecule has 1 saturated heterocycles. The van der Waals surface area contributed by atoms with Gasteiger partial charge in [0.05, 0.1) is 12.7 Å². The van der Waals surface area contributed by atoms with E-state index in [9.17, 15) is 0 Å². The van der Waals surface area contributed by atoms with E-state index in [-0.39, 0.29) is 0 Å². The van der Waals surface area contributed by atoms with Gasteiger partial charge < -0.3 is 10.1 Å². The Kier molecular flexibility index (Phi) is 5.83. The summed E-state index contributed by atoms with van der Waals surface area (Å²) in [6.45, 7) is 12.0. The van der Waals surface area contributed by atoms with E-state index in [1.54, 1.807) is 0 Å². The highest BCUT2D eigenvalue weighted by Gasteiger charge is 2.17. The lowest BCUT2D eigenvalue weighted by molar-refractivity contribution is -0.0290. The Bertz CT molecular complexity index is 161. The molecule has 3 heteroatoms. The highest BCUT2D eigenvalue weighted by molar-refractivity contribution is 4.73. The number of rotatable bonds is 6. The summed E-state index contributed by atoms with van der Waals surface area (Å²) in [6, 6.07) is 0. The summed E-state index contributed by atoms with van der Waals surface area (Å²) < 4.78 is 5.61. The van der Waals surface area contributed by atoms with Crippen molar-refractivity contribution < 1.29 is 4.74 Å². The monoisotopic (exact) mass is 198 g/mol. The van der Waals surface area contributed by atoms with Gasteiger partial charge in [0.2, 0.25) is 0 Å². The zero-order chi connectivity index (χ0) is 10.2. The molecule has 0 aromatic rings. The molecule has 3 nitrogen and oxygen atoms in total. The van der Waals surface area contributed by atoms with E-state index in [0.29, 0.717) is 6.10 Å². The molecule has 0 bridgehead atoms. The van der Waals surface area contributed by atoms with Crippen molar-refractivity contribution in [3.8, 4) is 0 Å². The minimum Gasteiger partial charge on any atom is -0.376 e. The van der Waals surface area contributed by atoms with Crippen LogP contribution in [0.1, 0.15) is 13.3 Å². The molecule has 0 amide bonds. The van der Waals surface area contributed by atoms with Gasteiger partial charge in [-0.05, 0) is 6.42 Å². The van der Waals surface area contributed by atoms with Gasteiger partial charge in [-0.3, -0.25) is 4.90 Å². The summed E-state index contributed by atoms with van der Waals surface area (Å²) >= 11 is 0. The van der Waals surface area contributed by atoms with Gasteiger partial charge in [0.25, 0.3) is 0 Å². The maximum Gasteiger partial charge on any atom is 0.0700 e. The van der Waals surface area contributed by atoms with E-state index in [4.69, 9.17) is 4.74 Å². The van der Waals surface area contributed by atoms with Crippen molar-refractivity contribution in [3.05, 3.63) is 12.7 Å². The van der Waals surface area contributed by atoms with Crippen LogP contribution in [0.2, 0.25) is 0 Å². The van der Waals surface area contributed by atoms with Crippen molar-refractivity contribution in [2.75, 3.05) is 39.3 Å². The van der Waals surface area contributed by atoms with Gasteiger partial charge >= 0.3 is 0 Å². The molecule has 0 aromatic heterocycles. The van der Waals surface area contributed by atoms with Crippen LogP contribution in [0.4, 0.5) is 0 Å². The summed E-state index contributed by atoms with van der Waals surface area (Å²) in [5.41, 5.74) is 0. The van der Waals surface area contributed by atoms with Crippen LogP contribution in [0.25, 0.3) is 0 Å². The molecule has 14 heavy (non-hydrogen) atoms. The van der Waals surface area contributed by atoms with Gasteiger partial charge in [0.1, 0.15) is 0 Å². The van der Waals surface area contributed by atoms with E-state index >= 15 is 0 Å². The highest BCUT2D eigenvalue weighted by Crippen LogP contribution is 2.06. The molecule has 1 fully saturated rings. The largest absolute Gasteiger partial charge is 0.376 e. The molecule has 1 N–H and O–H groups in total. The van der Waals surface area contributed by atoms with E-state index in [1.165, 1.54) is 0 Å². The predicted octanol–water partition coefficient (Wildman–Crippen LogP) is 0.873. The van der Waals surface area contributed by atoms with Crippen LogP contribution in [-0.4, -0.2) is 50.3 Å². The molecule has 0 aromatic carbocycles. The van der Waals surface area contributed by atoms with Crippen LogP contribution in [0.15, 0.2) is 12.7 Å².